The molecule has 2 aromatic carbocycles. The lowest BCUT2D eigenvalue weighted by Gasteiger charge is -2.42. The summed E-state index contributed by atoms with van der Waals surface area (Å²) in [5, 5.41) is 20.3. The number of alkyl halides is 6. The molecule has 2 N–H and O–H groups in total. The van der Waals surface area contributed by atoms with Gasteiger partial charge in [0.15, 0.2) is 0 Å². The summed E-state index contributed by atoms with van der Waals surface area (Å²) in [6.45, 7) is 3.81. The van der Waals surface area contributed by atoms with Crippen molar-refractivity contribution < 1.29 is 50.7 Å². The lowest BCUT2D eigenvalue weighted by Crippen LogP contribution is -2.46. The molecule has 1 aliphatic carbocycles. The van der Waals surface area contributed by atoms with Crippen molar-refractivity contribution in [1.29, 1.82) is 0 Å². The summed E-state index contributed by atoms with van der Waals surface area (Å²) in [7, 11) is -1.28. The van der Waals surface area contributed by atoms with Crippen molar-refractivity contribution in [3.8, 4) is 5.75 Å². The number of phenolic OH excluding ortho intramolecular Hbond substituents is 1. The first kappa shape index (κ1) is 32.8. The number of benzene rings is 2. The minimum Gasteiger partial charge on any atom is -0.508 e. The number of hydrogen-bond donors (Lipinski definition) is 2. The number of allylic oxidation sites excluding steroid dienone is 2. The highest BCUT2D eigenvalue weighted by Gasteiger charge is 2.57. The Morgan fingerprint density at radius 3 is 2.18 bits per heavy atom. The van der Waals surface area contributed by atoms with Crippen LogP contribution in [0.15, 0.2) is 59.2 Å². The number of phenols is 1. The fraction of sp³-hybridized carbons (Fsp3) is 0.438. The Kier molecular flexibility index (Phi) is 8.98. The van der Waals surface area contributed by atoms with E-state index in [2.05, 4.69) is 0 Å². The summed E-state index contributed by atoms with van der Waals surface area (Å²) in [6, 6.07) is 7.47. The van der Waals surface area contributed by atoms with Gasteiger partial charge in [-0.05, 0) is 86.3 Å². The van der Waals surface area contributed by atoms with Gasteiger partial charge in [0.05, 0.1) is 34.8 Å². The first-order chi connectivity index (χ1) is 21.1. The maximum atomic E-state index is 13.8. The number of anilines is 1. The van der Waals surface area contributed by atoms with Crippen LogP contribution >= 0.6 is 0 Å². The molecular formula is C32H32BF6NO5. The Bertz CT molecular complexity index is 1500. The van der Waals surface area contributed by atoms with Gasteiger partial charge in [0.25, 0.3) is 0 Å². The number of hydrogen-bond acceptors (Lipinski definition) is 5. The summed E-state index contributed by atoms with van der Waals surface area (Å²) in [4.78, 5) is 27.8. The highest BCUT2D eigenvalue weighted by atomic mass is 19.4. The average molecular weight is 635 g/mol. The first-order valence-corrected chi connectivity index (χ1v) is 14.8. The molecule has 4 atom stereocenters. The number of amides is 2. The third kappa shape index (κ3) is 6.69. The lowest BCUT2D eigenvalue weighted by atomic mass is 9.58. The quantitative estimate of drug-likeness (QED) is 0.143. The van der Waals surface area contributed by atoms with Crippen molar-refractivity contribution in [2.24, 2.45) is 17.8 Å². The molecule has 2 saturated heterocycles. The third-order valence-electron chi connectivity index (χ3n) is 8.85. The van der Waals surface area contributed by atoms with E-state index < -0.39 is 72.0 Å². The molecule has 45 heavy (non-hydrogen) atoms. The molecule has 0 spiro atoms. The van der Waals surface area contributed by atoms with Gasteiger partial charge >= 0.3 is 19.5 Å². The topological polar surface area (TPSA) is 87.1 Å². The van der Waals surface area contributed by atoms with Crippen molar-refractivity contribution in [1.82, 2.24) is 0 Å². The van der Waals surface area contributed by atoms with E-state index in [9.17, 15) is 46.1 Å². The summed E-state index contributed by atoms with van der Waals surface area (Å²) < 4.78 is 87.3. The number of aromatic hydroxyl groups is 1. The summed E-state index contributed by atoms with van der Waals surface area (Å²) in [6.07, 6.45) is -6.19. The zero-order valence-electron chi connectivity index (χ0n) is 24.6. The van der Waals surface area contributed by atoms with E-state index in [1.807, 2.05) is 13.0 Å². The molecule has 240 valence electrons. The summed E-state index contributed by atoms with van der Waals surface area (Å²) in [5.41, 5.74) is -0.545. The molecule has 0 unspecified atom stereocenters. The highest BCUT2D eigenvalue weighted by molar-refractivity contribution is 6.43. The predicted octanol–water partition coefficient (Wildman–Crippen LogP) is 7.42. The predicted molar refractivity (Wildman–Crippen MR) is 155 cm³/mol. The number of halogens is 6. The highest BCUT2D eigenvalue weighted by Crippen LogP contribution is 2.52. The maximum Gasteiger partial charge on any atom is 0.455 e. The van der Waals surface area contributed by atoms with Crippen LogP contribution in [0.2, 0.25) is 6.32 Å². The Labute approximate surface area is 256 Å². The largest absolute Gasteiger partial charge is 0.508 e. The molecule has 2 heterocycles. The van der Waals surface area contributed by atoms with Crippen molar-refractivity contribution >= 4 is 30.7 Å². The number of carbonyl (C=O) groups excluding carboxylic acids is 2. The van der Waals surface area contributed by atoms with Crippen molar-refractivity contribution in [3.05, 3.63) is 75.9 Å². The van der Waals surface area contributed by atoms with Gasteiger partial charge in [-0.2, -0.15) is 26.3 Å². The van der Waals surface area contributed by atoms with Crippen LogP contribution in [-0.2, 0) is 26.6 Å². The fourth-order valence-corrected chi connectivity index (χ4v) is 6.96. The van der Waals surface area contributed by atoms with Crippen LogP contribution in [0, 0.1) is 17.8 Å². The molecule has 2 aromatic rings. The standard InChI is InChI=1S/C32H32BF6NO5/c1-3-4-18(12-19-5-8-23(41)9-6-19)7-10-26-27-17(2)11-24-28(25(27)16-33(44)45-26)30(43)40(29(24)42)22-14-20(31(34,35)36)13-21(15-22)32(37,38)39/h5-6,8-9,12-15,24-26,28,41,44H,3-4,7,10-11,16H2,1-2H3/b18-12+/t24-,25+,26-,28-/m1/s1. The Hall–Kier alpha value is -3.58. The van der Waals surface area contributed by atoms with E-state index >= 15 is 0 Å². The Morgan fingerprint density at radius 1 is 0.978 bits per heavy atom. The van der Waals surface area contributed by atoms with Gasteiger partial charge in [0, 0.05) is 0 Å². The van der Waals surface area contributed by atoms with Crippen LogP contribution in [0.3, 0.4) is 0 Å². The second kappa shape index (κ2) is 12.3. The molecule has 2 amide bonds. The minimum atomic E-state index is -5.15. The normalized spacial score (nSPS) is 24.3. The Balaban J connectivity index is 1.44. The van der Waals surface area contributed by atoms with Gasteiger partial charge in [-0.3, -0.25) is 9.59 Å². The molecule has 5 rings (SSSR count). The number of fused-ring (bicyclic) bond motifs is 3. The second-order valence-electron chi connectivity index (χ2n) is 12.0. The molecule has 0 saturated carbocycles. The number of imide groups is 1. The summed E-state index contributed by atoms with van der Waals surface area (Å²) in [5.74, 6) is -4.35. The van der Waals surface area contributed by atoms with Crippen LogP contribution in [0.5, 0.6) is 5.75 Å². The van der Waals surface area contributed by atoms with Gasteiger partial charge in [0.1, 0.15) is 5.75 Å². The van der Waals surface area contributed by atoms with Crippen LogP contribution < -0.4 is 4.90 Å². The van der Waals surface area contributed by atoms with Gasteiger partial charge < -0.3 is 14.8 Å². The zero-order chi connectivity index (χ0) is 32.8. The van der Waals surface area contributed by atoms with Crippen LogP contribution in [-0.4, -0.2) is 35.2 Å². The van der Waals surface area contributed by atoms with E-state index in [0.717, 1.165) is 35.1 Å². The van der Waals surface area contributed by atoms with E-state index in [1.165, 1.54) is 0 Å². The minimum absolute atomic E-state index is 0.0429. The van der Waals surface area contributed by atoms with Crippen molar-refractivity contribution in [3.63, 3.8) is 0 Å². The zero-order valence-corrected chi connectivity index (χ0v) is 24.6. The second-order valence-corrected chi connectivity index (χ2v) is 12.0. The van der Waals surface area contributed by atoms with E-state index in [0.29, 0.717) is 29.9 Å². The summed E-state index contributed by atoms with van der Waals surface area (Å²) >= 11 is 0. The lowest BCUT2D eigenvalue weighted by molar-refractivity contribution is -0.143. The number of nitrogens with zero attached hydrogens (tertiary/aromatic N) is 1. The molecule has 2 fully saturated rings. The monoisotopic (exact) mass is 635 g/mol. The SMILES string of the molecule is CCC/C(=C\c1ccc(O)cc1)CC[C@H]1OB(O)C[C@H]2C1=C(C)C[C@H]1C(=O)N(c3cc(C(F)(F)F)cc(C(F)(F)F)c3)C(=O)[C@H]12. The molecular weight excluding hydrogens is 603 g/mol. The van der Waals surface area contributed by atoms with Crippen molar-refractivity contribution in [2.75, 3.05) is 4.90 Å². The number of rotatable bonds is 7. The average Bonchev–Trinajstić information content (AvgIpc) is 3.20. The fourth-order valence-electron chi connectivity index (χ4n) is 6.96. The van der Waals surface area contributed by atoms with Gasteiger partial charge in [0.2, 0.25) is 11.8 Å². The third-order valence-corrected chi connectivity index (χ3v) is 8.85. The molecule has 2 aliphatic heterocycles. The van der Waals surface area contributed by atoms with E-state index in [-0.39, 0.29) is 24.6 Å². The maximum absolute atomic E-state index is 13.8. The molecule has 0 radical (unpaired) electrons. The van der Waals surface area contributed by atoms with Gasteiger partial charge in [-0.15, -0.1) is 0 Å². The number of carbonyl (C=O) groups is 2. The first-order valence-electron chi connectivity index (χ1n) is 14.8. The molecule has 3 aliphatic rings. The van der Waals surface area contributed by atoms with E-state index in [1.54, 1.807) is 31.2 Å². The van der Waals surface area contributed by atoms with Crippen molar-refractivity contribution in [2.45, 2.75) is 70.7 Å². The van der Waals surface area contributed by atoms with Crippen LogP contribution in [0.25, 0.3) is 6.08 Å². The molecule has 0 bridgehead atoms. The van der Waals surface area contributed by atoms with E-state index in [4.69, 9.17) is 4.65 Å². The van der Waals surface area contributed by atoms with Crippen LogP contribution in [0.1, 0.15) is 62.6 Å². The molecule has 13 heteroatoms. The Morgan fingerprint density at radius 2 is 1.60 bits per heavy atom. The smallest absolute Gasteiger partial charge is 0.455 e. The van der Waals surface area contributed by atoms with Crippen LogP contribution in [0.4, 0.5) is 32.0 Å². The van der Waals surface area contributed by atoms with Gasteiger partial charge in [-0.1, -0.05) is 42.7 Å². The molecule has 6 nitrogen and oxygen atoms in total. The van der Waals surface area contributed by atoms with Gasteiger partial charge in [-0.25, -0.2) is 4.90 Å². The molecule has 0 aromatic heterocycles.